The van der Waals surface area contributed by atoms with Crippen LogP contribution < -0.4 is 5.32 Å². The van der Waals surface area contributed by atoms with E-state index < -0.39 is 0 Å². The Labute approximate surface area is 187 Å². The van der Waals surface area contributed by atoms with Crippen LogP contribution in [0.4, 0.5) is 5.13 Å². The summed E-state index contributed by atoms with van der Waals surface area (Å²) in [6, 6.07) is 1.96. The van der Waals surface area contributed by atoms with Crippen molar-refractivity contribution in [2.45, 2.75) is 32.1 Å². The molecule has 1 aliphatic heterocycles. The zero-order valence-electron chi connectivity index (χ0n) is 17.1. The maximum Gasteiger partial charge on any atom is 0.311 e. The van der Waals surface area contributed by atoms with E-state index in [-0.39, 0.29) is 24.2 Å². The molecule has 164 valence electrons. The largest absolute Gasteiger partial charge is 0.466 e. The maximum atomic E-state index is 12.4. The van der Waals surface area contributed by atoms with Crippen molar-refractivity contribution in [3.8, 4) is 11.5 Å². The van der Waals surface area contributed by atoms with Crippen LogP contribution in [0, 0.1) is 0 Å². The topological polar surface area (TPSA) is 110 Å². The van der Waals surface area contributed by atoms with Gasteiger partial charge in [-0.1, -0.05) is 0 Å². The van der Waals surface area contributed by atoms with E-state index in [0.29, 0.717) is 35.8 Å². The number of carbonyl (C=O) groups is 2. The number of aromatic nitrogens is 3. The van der Waals surface area contributed by atoms with E-state index in [2.05, 4.69) is 25.4 Å². The van der Waals surface area contributed by atoms with Crippen LogP contribution in [0.5, 0.6) is 0 Å². The number of esters is 1. The molecule has 0 unspecified atom stereocenters. The number of likely N-dealkylation sites (tertiary alicyclic amines) is 1. The minimum atomic E-state index is -0.322. The van der Waals surface area contributed by atoms with Crippen molar-refractivity contribution in [3.63, 3.8) is 0 Å². The fraction of sp³-hybridized carbons (Fsp3) is 0.450. The number of thiophene rings is 1. The summed E-state index contributed by atoms with van der Waals surface area (Å²) < 4.78 is 10.8. The summed E-state index contributed by atoms with van der Waals surface area (Å²) in [7, 11) is 0. The summed E-state index contributed by atoms with van der Waals surface area (Å²) in [6.07, 6.45) is 1.83. The molecule has 0 atom stereocenters. The molecule has 4 rings (SSSR count). The minimum Gasteiger partial charge on any atom is -0.466 e. The smallest absolute Gasteiger partial charge is 0.311 e. The third-order valence-electron chi connectivity index (χ3n) is 4.94. The Bertz CT molecular complexity index is 1010. The quantitative estimate of drug-likeness (QED) is 0.509. The molecule has 0 saturated carbocycles. The molecule has 0 radical (unpaired) electrons. The Morgan fingerprint density at radius 3 is 2.87 bits per heavy atom. The maximum absolute atomic E-state index is 12.4. The highest BCUT2D eigenvalue weighted by molar-refractivity contribution is 7.14. The number of nitrogens with one attached hydrogen (secondary N) is 1. The Balaban J connectivity index is 1.22. The molecule has 1 aliphatic rings. The van der Waals surface area contributed by atoms with Crippen LogP contribution in [-0.4, -0.2) is 58.2 Å². The number of hydrogen-bond acceptors (Lipinski definition) is 10. The van der Waals surface area contributed by atoms with Gasteiger partial charge in [0, 0.05) is 22.2 Å². The summed E-state index contributed by atoms with van der Waals surface area (Å²) in [6.45, 7) is 3.95. The number of anilines is 1. The minimum absolute atomic E-state index is 0.109. The second kappa shape index (κ2) is 10.1. The first kappa shape index (κ1) is 21.6. The summed E-state index contributed by atoms with van der Waals surface area (Å²) in [4.78, 5) is 30.3. The number of hydrogen-bond donors (Lipinski definition) is 1. The molecule has 1 fully saturated rings. The van der Waals surface area contributed by atoms with Crippen molar-refractivity contribution in [3.05, 3.63) is 33.8 Å². The van der Waals surface area contributed by atoms with Gasteiger partial charge in [-0.3, -0.25) is 14.5 Å². The van der Waals surface area contributed by atoms with Gasteiger partial charge >= 0.3 is 5.97 Å². The van der Waals surface area contributed by atoms with Gasteiger partial charge in [-0.25, -0.2) is 4.98 Å². The van der Waals surface area contributed by atoms with Gasteiger partial charge in [-0.15, -0.1) is 21.5 Å². The molecule has 9 nitrogen and oxygen atoms in total. The van der Waals surface area contributed by atoms with Crippen LogP contribution in [0.3, 0.4) is 0 Å². The highest BCUT2D eigenvalue weighted by Crippen LogP contribution is 2.30. The van der Waals surface area contributed by atoms with Crippen LogP contribution in [0.25, 0.3) is 11.5 Å². The zero-order chi connectivity index (χ0) is 21.6. The number of ether oxygens (including phenoxy) is 1. The van der Waals surface area contributed by atoms with E-state index in [9.17, 15) is 9.59 Å². The van der Waals surface area contributed by atoms with Crippen LogP contribution in [-0.2, 0) is 20.7 Å². The fourth-order valence-electron chi connectivity index (χ4n) is 3.41. The van der Waals surface area contributed by atoms with Crippen LogP contribution >= 0.6 is 22.7 Å². The Kier molecular flexibility index (Phi) is 7.05. The number of amides is 1. The molecule has 0 aromatic carbocycles. The molecule has 0 spiro atoms. The van der Waals surface area contributed by atoms with Gasteiger partial charge < -0.3 is 14.5 Å². The lowest BCUT2D eigenvalue weighted by molar-refractivity contribution is -0.142. The zero-order valence-corrected chi connectivity index (χ0v) is 18.7. The summed E-state index contributed by atoms with van der Waals surface area (Å²) in [5.41, 5.74) is 1.55. The van der Waals surface area contributed by atoms with Crippen molar-refractivity contribution in [2.24, 2.45) is 0 Å². The van der Waals surface area contributed by atoms with Crippen molar-refractivity contribution in [2.75, 3.05) is 31.6 Å². The van der Waals surface area contributed by atoms with Gasteiger partial charge in [-0.2, -0.15) is 11.3 Å². The van der Waals surface area contributed by atoms with Gasteiger partial charge in [0.25, 0.3) is 0 Å². The normalized spacial score (nSPS) is 15.1. The van der Waals surface area contributed by atoms with Crippen LogP contribution in [0.15, 0.2) is 26.6 Å². The molecular weight excluding hydrogens is 438 g/mol. The molecule has 1 saturated heterocycles. The third-order valence-corrected chi connectivity index (χ3v) is 6.43. The first-order valence-electron chi connectivity index (χ1n) is 10.1. The second-order valence-electron chi connectivity index (χ2n) is 7.18. The SMILES string of the molecule is CCOC(=O)Cc1csc(NC(=O)CN2CCC(c3nnc(-c4ccsc4)o3)CC2)n1. The lowest BCUT2D eigenvalue weighted by Gasteiger charge is -2.29. The first-order valence-corrected chi connectivity index (χ1v) is 11.9. The molecule has 1 N–H and O–H groups in total. The van der Waals surface area contributed by atoms with Gasteiger partial charge in [0.05, 0.1) is 25.3 Å². The average molecular weight is 462 g/mol. The number of thiazole rings is 1. The van der Waals surface area contributed by atoms with Crippen LogP contribution in [0.2, 0.25) is 0 Å². The molecule has 11 heteroatoms. The van der Waals surface area contributed by atoms with Crippen molar-refractivity contribution < 1.29 is 18.7 Å². The number of carbonyl (C=O) groups excluding carboxylic acids is 2. The standard InChI is InChI=1S/C20H23N5O4S2/c1-2-28-17(27)9-15-12-31-20(21-15)22-16(26)10-25-6-3-13(4-7-25)18-23-24-19(29-18)14-5-8-30-11-14/h5,8,11-13H,2-4,6-7,9-10H2,1H3,(H,21,22,26). The molecule has 0 aliphatic carbocycles. The molecule has 4 heterocycles. The fourth-order valence-corrected chi connectivity index (χ4v) is 4.76. The van der Waals surface area contributed by atoms with Gasteiger partial charge in [0.2, 0.25) is 17.7 Å². The Morgan fingerprint density at radius 2 is 2.13 bits per heavy atom. The van der Waals surface area contributed by atoms with E-state index in [1.807, 2.05) is 16.8 Å². The number of rotatable bonds is 8. The van der Waals surface area contributed by atoms with Gasteiger partial charge in [0.1, 0.15) is 0 Å². The molecular formula is C20H23N5O4S2. The Hall–Kier alpha value is -2.63. The number of nitrogens with zero attached hydrogens (tertiary/aromatic N) is 4. The molecule has 31 heavy (non-hydrogen) atoms. The van der Waals surface area contributed by atoms with E-state index in [0.717, 1.165) is 31.5 Å². The van der Waals surface area contributed by atoms with Crippen molar-refractivity contribution in [1.29, 1.82) is 0 Å². The Morgan fingerprint density at radius 1 is 1.29 bits per heavy atom. The van der Waals surface area contributed by atoms with Gasteiger partial charge in [-0.05, 0) is 44.3 Å². The molecule has 0 bridgehead atoms. The van der Waals surface area contributed by atoms with Crippen molar-refractivity contribution >= 4 is 39.7 Å². The lowest BCUT2D eigenvalue weighted by atomic mass is 9.97. The summed E-state index contributed by atoms with van der Waals surface area (Å²) in [5.74, 6) is 1.000. The predicted octanol–water partition coefficient (Wildman–Crippen LogP) is 3.18. The predicted molar refractivity (Wildman–Crippen MR) is 117 cm³/mol. The summed E-state index contributed by atoms with van der Waals surface area (Å²) in [5, 5.41) is 17.4. The first-order chi connectivity index (χ1) is 15.1. The van der Waals surface area contributed by atoms with Crippen LogP contribution in [0.1, 0.15) is 37.3 Å². The van der Waals surface area contributed by atoms with Gasteiger partial charge in [0.15, 0.2) is 5.13 Å². The molecule has 3 aromatic heterocycles. The van der Waals surface area contributed by atoms with E-state index >= 15 is 0 Å². The highest BCUT2D eigenvalue weighted by atomic mass is 32.1. The molecule has 3 aromatic rings. The summed E-state index contributed by atoms with van der Waals surface area (Å²) >= 11 is 2.90. The van der Waals surface area contributed by atoms with Crippen molar-refractivity contribution in [1.82, 2.24) is 20.1 Å². The monoisotopic (exact) mass is 461 g/mol. The third kappa shape index (κ3) is 5.75. The van der Waals surface area contributed by atoms with E-state index in [1.54, 1.807) is 23.6 Å². The highest BCUT2D eigenvalue weighted by Gasteiger charge is 2.26. The van der Waals surface area contributed by atoms with E-state index in [1.165, 1.54) is 11.3 Å². The average Bonchev–Trinajstić information content (AvgIpc) is 3.50. The molecule has 1 amide bonds. The number of piperidine rings is 1. The lowest BCUT2D eigenvalue weighted by Crippen LogP contribution is -2.38. The second-order valence-corrected chi connectivity index (χ2v) is 8.82. The van der Waals surface area contributed by atoms with E-state index in [4.69, 9.17) is 9.15 Å².